The van der Waals surface area contributed by atoms with Gasteiger partial charge in [-0.25, -0.2) is 0 Å². The molecular formula is C21H20Cl2N6O2. The molecule has 1 unspecified atom stereocenters. The molecule has 8 nitrogen and oxygen atoms in total. The van der Waals surface area contributed by atoms with Crippen LogP contribution in [0.25, 0.3) is 0 Å². The third-order valence-corrected chi connectivity index (χ3v) is 5.93. The minimum Gasteiger partial charge on any atom is -0.338 e. The largest absolute Gasteiger partial charge is 0.338 e. The van der Waals surface area contributed by atoms with E-state index < -0.39 is 0 Å². The Morgan fingerprint density at radius 3 is 2.81 bits per heavy atom. The minimum absolute atomic E-state index is 0.108. The smallest absolute Gasteiger partial charge is 0.253 e. The monoisotopic (exact) mass is 458 g/mol. The molecule has 0 saturated carbocycles. The highest BCUT2D eigenvalue weighted by molar-refractivity contribution is 6.42. The number of carbonyl (C=O) groups excluding carboxylic acids is 2. The van der Waals surface area contributed by atoms with Crippen molar-refractivity contribution >= 4 is 40.7 Å². The van der Waals surface area contributed by atoms with E-state index in [4.69, 9.17) is 23.2 Å². The number of nitrogens with one attached hydrogen (secondary N) is 2. The Morgan fingerprint density at radius 2 is 2.03 bits per heavy atom. The number of hydrogen-bond acceptors (Lipinski definition) is 5. The van der Waals surface area contributed by atoms with Crippen LogP contribution in [0.3, 0.4) is 0 Å². The van der Waals surface area contributed by atoms with Crippen LogP contribution >= 0.6 is 23.2 Å². The number of anilines is 1. The summed E-state index contributed by atoms with van der Waals surface area (Å²) in [7, 11) is 0. The van der Waals surface area contributed by atoms with E-state index in [0.29, 0.717) is 46.6 Å². The Morgan fingerprint density at radius 1 is 1.16 bits per heavy atom. The highest BCUT2D eigenvalue weighted by Gasteiger charge is 2.29. The summed E-state index contributed by atoms with van der Waals surface area (Å²) in [4.78, 5) is 27.4. The Labute approximate surface area is 188 Å². The quantitative estimate of drug-likeness (QED) is 0.607. The molecule has 2 N–H and O–H groups in total. The Hall–Kier alpha value is -2.97. The van der Waals surface area contributed by atoms with Crippen LogP contribution in [0.1, 0.15) is 34.6 Å². The van der Waals surface area contributed by atoms with Crippen molar-refractivity contribution in [2.45, 2.75) is 19.3 Å². The first-order valence-corrected chi connectivity index (χ1v) is 10.6. The maximum Gasteiger partial charge on any atom is 0.253 e. The highest BCUT2D eigenvalue weighted by Crippen LogP contribution is 2.25. The van der Waals surface area contributed by atoms with E-state index in [1.165, 1.54) is 0 Å². The van der Waals surface area contributed by atoms with Crippen LogP contribution < -0.4 is 5.32 Å². The molecular weight excluding hydrogens is 439 g/mol. The number of nitrogens with zero attached hydrogens (tertiary/aromatic N) is 4. The van der Waals surface area contributed by atoms with E-state index in [0.717, 1.165) is 18.4 Å². The van der Waals surface area contributed by atoms with Gasteiger partial charge in [-0.2, -0.15) is 5.21 Å². The van der Waals surface area contributed by atoms with Crippen molar-refractivity contribution < 1.29 is 9.59 Å². The van der Waals surface area contributed by atoms with Crippen molar-refractivity contribution in [3.8, 4) is 0 Å². The van der Waals surface area contributed by atoms with Gasteiger partial charge in [0.15, 0.2) is 5.82 Å². The standard InChI is InChI=1S/C21H20Cl2N6O2/c22-17-7-6-14(11-18(17)23)21(31)29-8-2-4-15(12-29)20(30)24-16-5-1-3-13(9-16)10-19-25-27-28-26-19/h1,3,5-7,9,11,15H,2,4,8,10,12H2,(H,24,30)(H,25,26,27,28). The Bertz CT molecular complexity index is 1090. The van der Waals surface area contributed by atoms with E-state index in [1.54, 1.807) is 23.1 Å². The van der Waals surface area contributed by atoms with Gasteiger partial charge in [-0.3, -0.25) is 9.59 Å². The van der Waals surface area contributed by atoms with Gasteiger partial charge in [0.05, 0.1) is 16.0 Å². The third kappa shape index (κ3) is 5.21. The molecule has 2 heterocycles. The summed E-state index contributed by atoms with van der Waals surface area (Å²) < 4.78 is 0. The first-order chi connectivity index (χ1) is 15.0. The van der Waals surface area contributed by atoms with Crippen molar-refractivity contribution in [2.24, 2.45) is 5.92 Å². The molecule has 0 radical (unpaired) electrons. The van der Waals surface area contributed by atoms with Gasteiger partial charge in [0.2, 0.25) is 5.91 Å². The van der Waals surface area contributed by atoms with Crippen LogP contribution in [0.5, 0.6) is 0 Å². The van der Waals surface area contributed by atoms with Crippen LogP contribution in [-0.2, 0) is 11.2 Å². The molecule has 2 aromatic carbocycles. The number of benzene rings is 2. The molecule has 160 valence electrons. The molecule has 1 aliphatic heterocycles. The summed E-state index contributed by atoms with van der Waals surface area (Å²) in [5, 5.41) is 17.6. The summed E-state index contributed by atoms with van der Waals surface area (Å²) in [6.45, 7) is 0.955. The van der Waals surface area contributed by atoms with Crippen LogP contribution in [0.2, 0.25) is 10.0 Å². The van der Waals surface area contributed by atoms with Gasteiger partial charge in [0, 0.05) is 30.8 Å². The second-order valence-corrected chi connectivity index (χ2v) is 8.23. The lowest BCUT2D eigenvalue weighted by Crippen LogP contribution is -2.43. The fourth-order valence-corrected chi connectivity index (χ4v) is 3.93. The molecule has 4 rings (SSSR count). The van der Waals surface area contributed by atoms with E-state index >= 15 is 0 Å². The van der Waals surface area contributed by atoms with Crippen LogP contribution in [0.4, 0.5) is 5.69 Å². The fourth-order valence-electron chi connectivity index (χ4n) is 3.63. The first-order valence-electron chi connectivity index (χ1n) is 9.86. The van der Waals surface area contributed by atoms with Gasteiger partial charge in [-0.05, 0) is 48.7 Å². The molecule has 31 heavy (non-hydrogen) atoms. The molecule has 0 spiro atoms. The fraction of sp³-hybridized carbons (Fsp3) is 0.286. The summed E-state index contributed by atoms with van der Waals surface area (Å²) >= 11 is 12.0. The zero-order chi connectivity index (χ0) is 21.8. The Kier molecular flexibility index (Phi) is 6.48. The van der Waals surface area contributed by atoms with Gasteiger partial charge >= 0.3 is 0 Å². The van der Waals surface area contributed by atoms with E-state index in [2.05, 4.69) is 25.9 Å². The van der Waals surface area contributed by atoms with Gasteiger partial charge in [0.25, 0.3) is 5.91 Å². The SMILES string of the molecule is O=C(Nc1cccc(Cc2nn[nH]n2)c1)C1CCCN(C(=O)c2ccc(Cl)c(Cl)c2)C1. The number of aromatic amines is 1. The van der Waals surface area contributed by atoms with Crippen LogP contribution in [-0.4, -0.2) is 50.4 Å². The highest BCUT2D eigenvalue weighted by atomic mass is 35.5. The molecule has 1 atom stereocenters. The van der Waals surface area contributed by atoms with Crippen LogP contribution in [0, 0.1) is 5.92 Å². The third-order valence-electron chi connectivity index (χ3n) is 5.19. The molecule has 0 aliphatic carbocycles. The number of carbonyl (C=O) groups is 2. The predicted molar refractivity (Wildman–Crippen MR) is 117 cm³/mol. The van der Waals surface area contributed by atoms with Gasteiger partial charge in [0.1, 0.15) is 0 Å². The first kappa shape index (κ1) is 21.3. The predicted octanol–water partition coefficient (Wildman–Crippen LogP) is 3.59. The minimum atomic E-state index is -0.290. The second-order valence-electron chi connectivity index (χ2n) is 7.41. The summed E-state index contributed by atoms with van der Waals surface area (Å²) in [5.41, 5.74) is 2.11. The number of H-pyrrole nitrogens is 1. The number of tetrazole rings is 1. The average molecular weight is 459 g/mol. The average Bonchev–Trinajstić information content (AvgIpc) is 3.28. The number of aromatic nitrogens is 4. The zero-order valence-electron chi connectivity index (χ0n) is 16.5. The lowest BCUT2D eigenvalue weighted by molar-refractivity contribution is -0.121. The van der Waals surface area contributed by atoms with E-state index in [-0.39, 0.29) is 17.7 Å². The number of rotatable bonds is 5. The molecule has 1 saturated heterocycles. The van der Waals surface area contributed by atoms with Crippen molar-refractivity contribution in [3.63, 3.8) is 0 Å². The molecule has 10 heteroatoms. The lowest BCUT2D eigenvalue weighted by atomic mass is 9.96. The molecule has 1 aliphatic rings. The van der Waals surface area contributed by atoms with E-state index in [9.17, 15) is 9.59 Å². The van der Waals surface area contributed by atoms with Crippen molar-refractivity contribution in [3.05, 3.63) is 69.5 Å². The number of halogens is 2. The number of hydrogen-bond donors (Lipinski definition) is 2. The number of piperidine rings is 1. The van der Waals surface area contributed by atoms with Crippen molar-refractivity contribution in [1.29, 1.82) is 0 Å². The summed E-state index contributed by atoms with van der Waals surface area (Å²) in [6.07, 6.45) is 1.98. The lowest BCUT2D eigenvalue weighted by Gasteiger charge is -2.32. The molecule has 1 aromatic heterocycles. The second kappa shape index (κ2) is 9.45. The molecule has 2 amide bonds. The van der Waals surface area contributed by atoms with Crippen LogP contribution in [0.15, 0.2) is 42.5 Å². The molecule has 1 fully saturated rings. The zero-order valence-corrected chi connectivity index (χ0v) is 18.0. The van der Waals surface area contributed by atoms with E-state index in [1.807, 2.05) is 24.3 Å². The van der Waals surface area contributed by atoms with Gasteiger partial charge in [-0.1, -0.05) is 40.5 Å². The normalized spacial score (nSPS) is 16.2. The van der Waals surface area contributed by atoms with Gasteiger partial charge < -0.3 is 10.2 Å². The number of likely N-dealkylation sites (tertiary alicyclic amines) is 1. The van der Waals surface area contributed by atoms with Crippen molar-refractivity contribution in [1.82, 2.24) is 25.5 Å². The maximum absolute atomic E-state index is 12.9. The van der Waals surface area contributed by atoms with Crippen molar-refractivity contribution in [2.75, 3.05) is 18.4 Å². The number of amides is 2. The summed E-state index contributed by atoms with van der Waals surface area (Å²) in [6, 6.07) is 12.3. The molecule has 3 aromatic rings. The maximum atomic E-state index is 12.9. The topological polar surface area (TPSA) is 104 Å². The Balaban J connectivity index is 1.39. The van der Waals surface area contributed by atoms with Gasteiger partial charge in [-0.15, -0.1) is 10.2 Å². The summed E-state index contributed by atoms with van der Waals surface area (Å²) in [5.74, 6) is 0.0232. The molecule has 0 bridgehead atoms.